The first-order valence-corrected chi connectivity index (χ1v) is 6.33. The Bertz CT molecular complexity index is 451. The van der Waals surface area contributed by atoms with E-state index in [-0.39, 0.29) is 0 Å². The summed E-state index contributed by atoms with van der Waals surface area (Å²) in [5, 5.41) is -3.56. The quantitative estimate of drug-likeness (QED) is 0.583. The van der Waals surface area contributed by atoms with Gasteiger partial charge in [0, 0.05) is 12.8 Å². The second kappa shape index (κ2) is 5.56. The molecule has 0 heterocycles. The van der Waals surface area contributed by atoms with Crippen LogP contribution in [0, 0.1) is 12.3 Å². The highest BCUT2D eigenvalue weighted by Crippen LogP contribution is 2.29. The van der Waals surface area contributed by atoms with Crippen LogP contribution in [0.1, 0.15) is 19.3 Å². The summed E-state index contributed by atoms with van der Waals surface area (Å²) in [6, 6.07) is 0. The summed E-state index contributed by atoms with van der Waals surface area (Å²) < 4.78 is 72.4. The van der Waals surface area contributed by atoms with Gasteiger partial charge in [0.1, 0.15) is 0 Å². The fourth-order valence-corrected chi connectivity index (χ4v) is 2.62. The first-order chi connectivity index (χ1) is 7.96. The van der Waals surface area contributed by atoms with Gasteiger partial charge in [0.05, 0.1) is 12.2 Å². The van der Waals surface area contributed by atoms with Crippen LogP contribution < -0.4 is 5.73 Å². The van der Waals surface area contributed by atoms with Crippen molar-refractivity contribution in [3.05, 3.63) is 0 Å². The van der Waals surface area contributed by atoms with Crippen LogP contribution in [0.2, 0.25) is 0 Å². The zero-order valence-corrected chi connectivity index (χ0v) is 9.94. The fourth-order valence-electron chi connectivity index (χ4n) is 1.08. The lowest BCUT2D eigenvalue weighted by Crippen LogP contribution is -2.48. The van der Waals surface area contributed by atoms with Gasteiger partial charge in [-0.2, -0.15) is 13.2 Å². The van der Waals surface area contributed by atoms with Crippen molar-refractivity contribution in [1.82, 2.24) is 0 Å². The van der Waals surface area contributed by atoms with Gasteiger partial charge >= 0.3 is 6.18 Å². The van der Waals surface area contributed by atoms with Gasteiger partial charge in [0.25, 0.3) is 10.9 Å². The molecule has 104 valence electrons. The molecule has 0 aliphatic carbocycles. The first-order valence-electron chi connectivity index (χ1n) is 4.67. The third kappa shape index (κ3) is 4.18. The highest BCUT2D eigenvalue weighted by Gasteiger charge is 2.50. The number of sulfone groups is 1. The topological polar surface area (TPSA) is 77.2 Å². The minimum absolute atomic E-state index is 0.440. The Morgan fingerprint density at radius 2 is 1.72 bits per heavy atom. The molecule has 0 fully saturated rings. The Kier molecular flexibility index (Phi) is 5.16. The van der Waals surface area contributed by atoms with Crippen molar-refractivity contribution >= 4 is 15.7 Å². The van der Waals surface area contributed by atoms with Gasteiger partial charge < -0.3 is 5.73 Å². The Morgan fingerprint density at radius 1 is 1.22 bits per heavy atom. The number of rotatable bonds is 6. The van der Waals surface area contributed by atoms with Crippen molar-refractivity contribution in [2.75, 3.05) is 5.75 Å². The first kappa shape index (κ1) is 16.7. The van der Waals surface area contributed by atoms with Crippen molar-refractivity contribution in [2.24, 2.45) is 5.73 Å². The normalized spacial score (nSPS) is 15.7. The van der Waals surface area contributed by atoms with Gasteiger partial charge in [0.15, 0.2) is 9.84 Å². The number of primary amides is 1. The van der Waals surface area contributed by atoms with Crippen molar-refractivity contribution < 1.29 is 30.8 Å². The monoisotopic (exact) mass is 289 g/mol. The number of terminal acetylenes is 1. The zero-order chi connectivity index (χ0) is 14.6. The van der Waals surface area contributed by atoms with Gasteiger partial charge in [-0.25, -0.2) is 12.8 Å². The lowest BCUT2D eigenvalue weighted by atomic mass is 10.2. The van der Waals surface area contributed by atoms with Crippen LogP contribution in [0.3, 0.4) is 0 Å². The molecule has 2 N–H and O–H groups in total. The molecule has 0 aliphatic heterocycles. The summed E-state index contributed by atoms with van der Waals surface area (Å²) in [6.07, 6.45) is -3.16. The molecule has 0 rings (SSSR count). The molecule has 0 aromatic carbocycles. The molecule has 1 unspecified atom stereocenters. The summed E-state index contributed by atoms with van der Waals surface area (Å²) in [7, 11) is -4.98. The summed E-state index contributed by atoms with van der Waals surface area (Å²) in [5.41, 5.74) is 4.59. The van der Waals surface area contributed by atoms with Crippen LogP contribution in [0.4, 0.5) is 17.6 Å². The van der Waals surface area contributed by atoms with Gasteiger partial charge in [-0.05, 0) is 0 Å². The predicted octanol–water partition coefficient (Wildman–Crippen LogP) is 0.918. The van der Waals surface area contributed by atoms with E-state index in [0.717, 1.165) is 0 Å². The van der Waals surface area contributed by atoms with E-state index in [9.17, 15) is 30.8 Å². The van der Waals surface area contributed by atoms with Gasteiger partial charge in [-0.15, -0.1) is 12.3 Å². The summed E-state index contributed by atoms with van der Waals surface area (Å²) in [4.78, 5) is 10.8. The molecule has 1 amide bonds. The van der Waals surface area contributed by atoms with E-state index in [1.54, 1.807) is 0 Å². The zero-order valence-electron chi connectivity index (χ0n) is 9.13. The van der Waals surface area contributed by atoms with Crippen molar-refractivity contribution in [2.45, 2.75) is 30.4 Å². The summed E-state index contributed by atoms with van der Waals surface area (Å²) in [5.74, 6) is -1.53. The van der Waals surface area contributed by atoms with Crippen LogP contribution in [0.15, 0.2) is 0 Å². The number of halogens is 4. The summed E-state index contributed by atoms with van der Waals surface area (Å²) >= 11 is 0. The van der Waals surface area contributed by atoms with Gasteiger partial charge in [-0.3, -0.25) is 4.79 Å². The number of hydrogen-bond acceptors (Lipinski definition) is 3. The Hall–Kier alpha value is -1.30. The molecule has 0 aromatic heterocycles. The molecular weight excluding hydrogens is 278 g/mol. The maximum absolute atomic E-state index is 13.9. The van der Waals surface area contributed by atoms with Gasteiger partial charge in [0.2, 0.25) is 0 Å². The molecule has 0 spiro atoms. The number of carbonyl (C=O) groups is 1. The largest absolute Gasteiger partial charge is 0.390 e. The summed E-state index contributed by atoms with van der Waals surface area (Å²) in [6.45, 7) is 0. The van der Waals surface area contributed by atoms with Crippen molar-refractivity contribution in [3.8, 4) is 12.3 Å². The lowest BCUT2D eigenvalue weighted by molar-refractivity contribution is -0.131. The average molecular weight is 289 g/mol. The van der Waals surface area contributed by atoms with Crippen LogP contribution in [0.25, 0.3) is 0 Å². The van der Waals surface area contributed by atoms with E-state index in [4.69, 9.17) is 6.42 Å². The van der Waals surface area contributed by atoms with E-state index in [2.05, 4.69) is 5.73 Å². The molecule has 18 heavy (non-hydrogen) atoms. The van der Waals surface area contributed by atoms with E-state index in [1.807, 2.05) is 5.92 Å². The van der Waals surface area contributed by atoms with Crippen LogP contribution in [-0.2, 0) is 14.6 Å². The molecular formula is C9H11F4NO3S. The maximum Gasteiger partial charge on any atom is 0.390 e. The number of alkyl halides is 4. The lowest BCUT2D eigenvalue weighted by Gasteiger charge is -2.21. The smallest absolute Gasteiger partial charge is 0.366 e. The highest BCUT2D eigenvalue weighted by atomic mass is 32.2. The van der Waals surface area contributed by atoms with E-state index in [1.165, 1.54) is 0 Å². The second-order valence-corrected chi connectivity index (χ2v) is 5.77. The number of nitrogens with two attached hydrogens (primary N) is 1. The van der Waals surface area contributed by atoms with E-state index in [0.29, 0.717) is 0 Å². The number of hydrogen-bond donors (Lipinski definition) is 1. The fraction of sp³-hybridized carbons (Fsp3) is 0.667. The third-order valence-electron chi connectivity index (χ3n) is 2.11. The minimum atomic E-state index is -4.98. The molecule has 0 saturated heterocycles. The molecule has 0 radical (unpaired) electrons. The molecule has 0 saturated carbocycles. The average Bonchev–Trinajstić information content (AvgIpc) is 2.21. The van der Waals surface area contributed by atoms with Crippen molar-refractivity contribution in [3.63, 3.8) is 0 Å². The molecule has 9 heteroatoms. The van der Waals surface area contributed by atoms with Crippen LogP contribution >= 0.6 is 0 Å². The SMILES string of the molecule is C#CCCC(F)(C(N)=O)S(=O)(=O)CCC(F)(F)F. The molecule has 0 aromatic rings. The molecule has 4 nitrogen and oxygen atoms in total. The molecule has 0 aliphatic rings. The van der Waals surface area contributed by atoms with Crippen molar-refractivity contribution in [1.29, 1.82) is 0 Å². The van der Waals surface area contributed by atoms with Crippen LogP contribution in [-0.4, -0.2) is 31.3 Å². The highest BCUT2D eigenvalue weighted by molar-refractivity contribution is 7.93. The molecule has 1 atom stereocenters. The van der Waals surface area contributed by atoms with E-state index >= 15 is 0 Å². The standard InChI is InChI=1S/C9H11F4NO3S/c1-2-3-4-8(10,7(14)15)18(16,17)6-5-9(11,12)13/h1H,3-6H2,(H2,14,15). The van der Waals surface area contributed by atoms with Gasteiger partial charge in [-0.1, -0.05) is 0 Å². The predicted molar refractivity (Wildman–Crippen MR) is 55.6 cm³/mol. The van der Waals surface area contributed by atoms with Crippen LogP contribution in [0.5, 0.6) is 0 Å². The Balaban J connectivity index is 5.13. The minimum Gasteiger partial charge on any atom is -0.366 e. The van der Waals surface area contributed by atoms with E-state index < -0.39 is 51.9 Å². The Morgan fingerprint density at radius 3 is 2.06 bits per heavy atom. The maximum atomic E-state index is 13.9. The second-order valence-electron chi connectivity index (χ2n) is 3.48. The third-order valence-corrected chi connectivity index (χ3v) is 4.24. The molecule has 0 bridgehead atoms. The number of amides is 1. The Labute approximate surface area is 101 Å². The number of carbonyl (C=O) groups excluding carboxylic acids is 1.